The Morgan fingerprint density at radius 2 is 0.582 bits per heavy atom. The fraction of sp³-hybridized carbons (Fsp3) is 0. The van der Waals surface area contributed by atoms with E-state index in [0.717, 1.165) is 60.6 Å². The molecule has 0 aliphatic carbocycles. The van der Waals surface area contributed by atoms with Gasteiger partial charge in [-0.15, -0.1) is 11.3 Å². The van der Waals surface area contributed by atoms with E-state index in [1.807, 2.05) is 11.3 Å². The van der Waals surface area contributed by atoms with E-state index in [4.69, 9.17) is 8.83 Å². The Balaban J connectivity index is 0.823. The van der Waals surface area contributed by atoms with Crippen LogP contribution in [0.3, 0.4) is 0 Å². The quantitative estimate of drug-likeness (QED) is 0.155. The molecule has 17 rings (SSSR count). The van der Waals surface area contributed by atoms with Crippen molar-refractivity contribution in [3.63, 3.8) is 0 Å². The third kappa shape index (κ3) is 6.77. The number of fused-ring (bicyclic) bond motifs is 13. The molecule has 0 aliphatic rings. The first kappa shape index (κ1) is 44.1. The maximum atomic E-state index is 7.01. The van der Waals surface area contributed by atoms with Crippen LogP contribution in [0.5, 0.6) is 0 Å². The van der Waals surface area contributed by atoms with Crippen molar-refractivity contribution >= 4 is 118 Å². The highest BCUT2D eigenvalue weighted by molar-refractivity contribution is 7.25. The van der Waals surface area contributed by atoms with Gasteiger partial charge in [0.15, 0.2) is 0 Å². The molecule has 0 fully saturated rings. The Labute approximate surface area is 458 Å². The van der Waals surface area contributed by atoms with Gasteiger partial charge < -0.3 is 8.83 Å². The van der Waals surface area contributed by atoms with E-state index in [-0.39, 0.29) is 0 Å². The van der Waals surface area contributed by atoms with Crippen molar-refractivity contribution in [2.75, 3.05) is 0 Å². The fourth-order valence-corrected chi connectivity index (χ4v) is 14.2. The summed E-state index contributed by atoms with van der Waals surface area (Å²) in [6.07, 6.45) is 0. The molecule has 2 nitrogen and oxygen atoms in total. The highest BCUT2D eigenvalue weighted by Gasteiger charge is 2.23. The molecule has 0 spiro atoms. The third-order valence-electron chi connectivity index (χ3n) is 16.6. The summed E-state index contributed by atoms with van der Waals surface area (Å²) in [5.41, 5.74) is 17.8. The first-order valence-electron chi connectivity index (χ1n) is 27.0. The summed E-state index contributed by atoms with van der Waals surface area (Å²) in [6, 6.07) is 97.7. The van der Waals surface area contributed by atoms with Crippen molar-refractivity contribution in [3.8, 4) is 66.8 Å². The highest BCUT2D eigenvalue weighted by atomic mass is 32.1. The summed E-state index contributed by atoms with van der Waals surface area (Å²) in [4.78, 5) is 0. The molecule has 0 amide bonds. The van der Waals surface area contributed by atoms with Gasteiger partial charge >= 0.3 is 0 Å². The average Bonchev–Trinajstić information content (AvgIpc) is 4.30. The van der Waals surface area contributed by atoms with Gasteiger partial charge in [-0.25, -0.2) is 0 Å². The average molecular weight is 1020 g/mol. The topological polar surface area (TPSA) is 26.3 Å². The van der Waals surface area contributed by atoms with Gasteiger partial charge in [0.2, 0.25) is 0 Å². The molecule has 0 N–H and O–H groups in total. The summed E-state index contributed by atoms with van der Waals surface area (Å²) < 4.78 is 16.1. The second-order valence-electron chi connectivity index (χ2n) is 21.0. The Morgan fingerprint density at radius 3 is 1.10 bits per heavy atom. The molecule has 3 aromatic heterocycles. The van der Waals surface area contributed by atoms with Gasteiger partial charge in [-0.05, 0) is 177 Å². The van der Waals surface area contributed by atoms with Crippen molar-refractivity contribution in [1.29, 1.82) is 0 Å². The van der Waals surface area contributed by atoms with Crippen molar-refractivity contribution < 1.29 is 8.83 Å². The van der Waals surface area contributed by atoms with Crippen LogP contribution < -0.4 is 0 Å². The predicted molar refractivity (Wildman–Crippen MR) is 337 cm³/mol. The van der Waals surface area contributed by atoms with Crippen LogP contribution in [-0.4, -0.2) is 0 Å². The molecule has 0 unspecified atom stereocenters. The van der Waals surface area contributed by atoms with Gasteiger partial charge in [0.25, 0.3) is 0 Å². The molecule has 366 valence electrons. The second-order valence-corrected chi connectivity index (χ2v) is 22.0. The highest BCUT2D eigenvalue weighted by Crippen LogP contribution is 2.50. The van der Waals surface area contributed by atoms with Gasteiger partial charge in [-0.1, -0.05) is 200 Å². The standard InChI is InChI=1S/C76H44O2S/c1-3-16-45(17-4-1)47-31-36-66-62(40-47)63-42-49(32-37-67(63)77-66)72-52-20-7-9-22-54(52)74(55-23-10-8-21-53(55)72)51-30-35-60-69(44-51)78-68-29-15-28-61(76(60)68)75-58-26-13-11-24-56(58)73(57-25-12-14-27-59(57)75)50-34-39-71-65(43-50)64-41-48(33-38-70(64)79-71)46-18-5-2-6-19-46/h1-44H. The zero-order valence-corrected chi connectivity index (χ0v) is 43.4. The lowest BCUT2D eigenvalue weighted by Gasteiger charge is -2.18. The lowest BCUT2D eigenvalue weighted by Crippen LogP contribution is -1.91. The van der Waals surface area contributed by atoms with E-state index in [0.29, 0.717) is 0 Å². The van der Waals surface area contributed by atoms with E-state index in [1.54, 1.807) is 0 Å². The molecule has 14 aromatic carbocycles. The summed E-state index contributed by atoms with van der Waals surface area (Å²) in [6.45, 7) is 0. The van der Waals surface area contributed by atoms with Crippen molar-refractivity contribution in [2.45, 2.75) is 0 Å². The van der Waals surface area contributed by atoms with Crippen LogP contribution in [0.2, 0.25) is 0 Å². The molecule has 3 heteroatoms. The van der Waals surface area contributed by atoms with Crippen LogP contribution in [0.25, 0.3) is 174 Å². The van der Waals surface area contributed by atoms with Gasteiger partial charge in [0, 0.05) is 41.7 Å². The Bertz CT molecular complexity index is 5250. The van der Waals surface area contributed by atoms with Crippen LogP contribution in [-0.2, 0) is 0 Å². The minimum atomic E-state index is 0.862. The summed E-state index contributed by atoms with van der Waals surface area (Å²) in [5.74, 6) is 0. The van der Waals surface area contributed by atoms with Gasteiger partial charge in [0.1, 0.15) is 22.3 Å². The van der Waals surface area contributed by atoms with E-state index >= 15 is 0 Å². The Kier molecular flexibility index (Phi) is 9.62. The lowest BCUT2D eigenvalue weighted by atomic mass is 9.84. The molecular weight excluding hydrogens is 977 g/mol. The normalized spacial score (nSPS) is 12.1. The minimum Gasteiger partial charge on any atom is -0.456 e. The van der Waals surface area contributed by atoms with E-state index in [2.05, 4.69) is 267 Å². The summed E-state index contributed by atoms with van der Waals surface area (Å²) >= 11 is 1.87. The number of benzene rings is 14. The molecule has 0 saturated carbocycles. The van der Waals surface area contributed by atoms with Crippen molar-refractivity contribution in [3.05, 3.63) is 267 Å². The number of hydrogen-bond acceptors (Lipinski definition) is 3. The largest absolute Gasteiger partial charge is 0.456 e. The number of hydrogen-bond donors (Lipinski definition) is 0. The molecule has 0 saturated heterocycles. The van der Waals surface area contributed by atoms with Crippen LogP contribution >= 0.6 is 11.3 Å². The number of thiophene rings is 1. The molecule has 0 atom stereocenters. The van der Waals surface area contributed by atoms with E-state index < -0.39 is 0 Å². The summed E-state index contributed by atoms with van der Waals surface area (Å²) in [5, 5.41) is 16.7. The molecule has 17 aromatic rings. The van der Waals surface area contributed by atoms with Gasteiger partial charge in [-0.2, -0.15) is 0 Å². The van der Waals surface area contributed by atoms with Crippen LogP contribution in [0.1, 0.15) is 0 Å². The SMILES string of the molecule is c1ccc(-c2ccc3oc4ccc(-c5c6ccccc6c(-c6ccc7c(c6)oc6cccc(-c8c9ccccc9c(-c9ccc%10sc%11ccc(-c%12ccccc%12)cc%11c%10c9)c9ccccc89)c67)c6ccccc56)cc4c3c2)cc1. The first-order valence-corrected chi connectivity index (χ1v) is 27.9. The monoisotopic (exact) mass is 1020 g/mol. The third-order valence-corrected chi connectivity index (χ3v) is 17.8. The van der Waals surface area contributed by atoms with E-state index in [9.17, 15) is 0 Å². The first-order chi connectivity index (χ1) is 39.2. The minimum absolute atomic E-state index is 0.862. The summed E-state index contributed by atoms with van der Waals surface area (Å²) in [7, 11) is 0. The predicted octanol–water partition coefficient (Wildman–Crippen LogP) is 22.5. The second kappa shape index (κ2) is 17.2. The molecule has 79 heavy (non-hydrogen) atoms. The molecule has 0 aliphatic heterocycles. The van der Waals surface area contributed by atoms with E-state index in [1.165, 1.54) is 113 Å². The van der Waals surface area contributed by atoms with Crippen molar-refractivity contribution in [1.82, 2.24) is 0 Å². The molecule has 0 radical (unpaired) electrons. The lowest BCUT2D eigenvalue weighted by molar-refractivity contribution is 0.668. The maximum Gasteiger partial charge on any atom is 0.136 e. The smallest absolute Gasteiger partial charge is 0.136 e. The fourth-order valence-electron chi connectivity index (χ4n) is 13.2. The molecule has 3 heterocycles. The number of furan rings is 2. The van der Waals surface area contributed by atoms with Crippen LogP contribution in [0.15, 0.2) is 276 Å². The maximum absolute atomic E-state index is 7.01. The Hall–Kier alpha value is -10.1. The number of rotatable bonds is 6. The zero-order chi connectivity index (χ0) is 51.7. The van der Waals surface area contributed by atoms with Gasteiger partial charge in [-0.3, -0.25) is 0 Å². The Morgan fingerprint density at radius 1 is 0.203 bits per heavy atom. The molecule has 0 bridgehead atoms. The van der Waals surface area contributed by atoms with Gasteiger partial charge in [0.05, 0.1) is 0 Å². The van der Waals surface area contributed by atoms with Crippen LogP contribution in [0.4, 0.5) is 0 Å². The van der Waals surface area contributed by atoms with Crippen LogP contribution in [0, 0.1) is 0 Å². The van der Waals surface area contributed by atoms with Crippen molar-refractivity contribution in [2.24, 2.45) is 0 Å². The molecular formula is C76H44O2S. The zero-order valence-electron chi connectivity index (χ0n) is 42.6.